The van der Waals surface area contributed by atoms with Crippen molar-refractivity contribution >= 4 is 34.5 Å². The molecule has 0 spiro atoms. The topological polar surface area (TPSA) is 84.7 Å². The van der Waals surface area contributed by atoms with E-state index in [0.29, 0.717) is 47.7 Å². The van der Waals surface area contributed by atoms with Crippen LogP contribution in [0.3, 0.4) is 0 Å². The standard InChI is InChI=1S/C21H20ClN3O4/c1-29-15-11-24(12-15)20(26)16-3-2-4-17-18(16)23-19(21(27)28)25(17)10-9-13-5-7-14(22)8-6-13/h2-8,15H,9-12H2,1H3,(H,27,28). The van der Waals surface area contributed by atoms with E-state index in [9.17, 15) is 14.7 Å². The molecule has 0 atom stereocenters. The van der Waals surface area contributed by atoms with Crippen molar-refractivity contribution in [3.63, 3.8) is 0 Å². The number of nitrogens with zero attached hydrogens (tertiary/aromatic N) is 3. The highest BCUT2D eigenvalue weighted by molar-refractivity contribution is 6.30. The minimum Gasteiger partial charge on any atom is -0.475 e. The zero-order valence-corrected chi connectivity index (χ0v) is 16.6. The molecule has 2 aromatic carbocycles. The van der Waals surface area contributed by atoms with Crippen molar-refractivity contribution in [1.29, 1.82) is 0 Å². The van der Waals surface area contributed by atoms with Gasteiger partial charge < -0.3 is 19.3 Å². The third kappa shape index (κ3) is 3.71. The maximum absolute atomic E-state index is 12.9. The van der Waals surface area contributed by atoms with E-state index >= 15 is 0 Å². The number of likely N-dealkylation sites (tertiary alicyclic amines) is 1. The van der Waals surface area contributed by atoms with Gasteiger partial charge in [0.2, 0.25) is 5.82 Å². The molecule has 1 fully saturated rings. The number of benzene rings is 2. The molecule has 1 N–H and O–H groups in total. The van der Waals surface area contributed by atoms with Crippen LogP contribution in [0, 0.1) is 0 Å². The Labute approximate surface area is 172 Å². The molecule has 0 bridgehead atoms. The van der Waals surface area contributed by atoms with Gasteiger partial charge in [-0.3, -0.25) is 4.79 Å². The third-order valence-electron chi connectivity index (χ3n) is 5.21. The molecule has 3 aromatic rings. The second-order valence-electron chi connectivity index (χ2n) is 7.01. The first-order chi connectivity index (χ1) is 14.0. The number of hydrogen-bond acceptors (Lipinski definition) is 4. The Hall–Kier alpha value is -2.90. The summed E-state index contributed by atoms with van der Waals surface area (Å²) in [5, 5.41) is 10.3. The summed E-state index contributed by atoms with van der Waals surface area (Å²) in [5.41, 5.74) is 2.48. The highest BCUT2D eigenvalue weighted by Gasteiger charge is 2.32. The Morgan fingerprint density at radius 3 is 2.59 bits per heavy atom. The number of methoxy groups -OCH3 is 1. The smallest absolute Gasteiger partial charge is 0.372 e. The molecule has 1 aromatic heterocycles. The monoisotopic (exact) mass is 413 g/mol. The zero-order valence-electron chi connectivity index (χ0n) is 15.8. The minimum absolute atomic E-state index is 0.0460. The fraction of sp³-hybridized carbons (Fsp3) is 0.286. The first kappa shape index (κ1) is 19.4. The van der Waals surface area contributed by atoms with Crippen LogP contribution in [0.2, 0.25) is 5.02 Å². The normalized spacial score (nSPS) is 14.2. The van der Waals surface area contributed by atoms with Crippen molar-refractivity contribution in [3.8, 4) is 0 Å². The second kappa shape index (κ2) is 7.85. The van der Waals surface area contributed by atoms with Gasteiger partial charge in [-0.05, 0) is 36.2 Å². The van der Waals surface area contributed by atoms with Crippen LogP contribution in [0.4, 0.5) is 0 Å². The summed E-state index contributed by atoms with van der Waals surface area (Å²) in [7, 11) is 1.62. The fourth-order valence-electron chi connectivity index (χ4n) is 3.52. The summed E-state index contributed by atoms with van der Waals surface area (Å²) in [6.45, 7) is 1.47. The van der Waals surface area contributed by atoms with Crippen LogP contribution in [0.15, 0.2) is 42.5 Å². The number of rotatable bonds is 6. The Bertz CT molecular complexity index is 1070. The highest BCUT2D eigenvalue weighted by Crippen LogP contribution is 2.24. The maximum atomic E-state index is 12.9. The van der Waals surface area contributed by atoms with E-state index in [-0.39, 0.29) is 17.8 Å². The van der Waals surface area contributed by atoms with E-state index in [2.05, 4.69) is 4.98 Å². The van der Waals surface area contributed by atoms with Gasteiger partial charge in [0.25, 0.3) is 5.91 Å². The number of hydrogen-bond donors (Lipinski definition) is 1. The van der Waals surface area contributed by atoms with Crippen molar-refractivity contribution in [2.45, 2.75) is 19.1 Å². The Kier molecular flexibility index (Phi) is 5.25. The van der Waals surface area contributed by atoms with E-state index in [1.807, 2.05) is 12.1 Å². The molecule has 2 heterocycles. The number of aryl methyl sites for hydroxylation is 2. The number of imidazole rings is 1. The highest BCUT2D eigenvalue weighted by atomic mass is 35.5. The van der Waals surface area contributed by atoms with Gasteiger partial charge in [-0.1, -0.05) is 29.8 Å². The molecule has 150 valence electrons. The largest absolute Gasteiger partial charge is 0.475 e. The van der Waals surface area contributed by atoms with Crippen LogP contribution in [0.1, 0.15) is 26.5 Å². The number of halogens is 1. The van der Waals surface area contributed by atoms with Crippen molar-refractivity contribution in [2.24, 2.45) is 0 Å². The SMILES string of the molecule is COC1CN(C(=O)c2cccc3c2nc(C(=O)O)n3CCc2ccc(Cl)cc2)C1. The Morgan fingerprint density at radius 2 is 1.93 bits per heavy atom. The number of carboxylic acids is 1. The number of carboxylic acid groups (broad SMARTS) is 1. The summed E-state index contributed by atoms with van der Waals surface area (Å²) in [6, 6.07) is 12.7. The van der Waals surface area contributed by atoms with Crippen LogP contribution in [0.5, 0.6) is 0 Å². The lowest BCUT2D eigenvalue weighted by Gasteiger charge is -2.38. The van der Waals surface area contributed by atoms with Gasteiger partial charge in [0.15, 0.2) is 0 Å². The Balaban J connectivity index is 1.67. The van der Waals surface area contributed by atoms with E-state index in [1.54, 1.807) is 46.9 Å². The number of carbonyl (C=O) groups excluding carboxylic acids is 1. The van der Waals surface area contributed by atoms with Gasteiger partial charge in [0.1, 0.15) is 5.52 Å². The van der Waals surface area contributed by atoms with Gasteiger partial charge in [0.05, 0.1) is 17.2 Å². The molecule has 0 saturated carbocycles. The summed E-state index contributed by atoms with van der Waals surface area (Å²) in [6.07, 6.45) is 0.660. The van der Waals surface area contributed by atoms with Gasteiger partial charge in [0, 0.05) is 31.8 Å². The number of amides is 1. The first-order valence-electron chi connectivity index (χ1n) is 9.27. The number of carbonyl (C=O) groups is 2. The lowest BCUT2D eigenvalue weighted by molar-refractivity contribution is -0.0191. The van der Waals surface area contributed by atoms with Crippen LogP contribution < -0.4 is 0 Å². The minimum atomic E-state index is -1.13. The number of aromatic nitrogens is 2. The molecule has 1 amide bonds. The zero-order chi connectivity index (χ0) is 20.5. The number of para-hydroxylation sites is 1. The average Bonchev–Trinajstić information content (AvgIpc) is 3.05. The summed E-state index contributed by atoms with van der Waals surface area (Å²) in [5.74, 6) is -1.37. The summed E-state index contributed by atoms with van der Waals surface area (Å²) >= 11 is 5.93. The first-order valence-corrected chi connectivity index (χ1v) is 9.64. The molecule has 29 heavy (non-hydrogen) atoms. The molecule has 4 rings (SSSR count). The number of fused-ring (bicyclic) bond motifs is 1. The predicted molar refractivity (Wildman–Crippen MR) is 109 cm³/mol. The fourth-order valence-corrected chi connectivity index (χ4v) is 3.65. The molecule has 1 aliphatic heterocycles. The van der Waals surface area contributed by atoms with Crippen LogP contribution in [0.25, 0.3) is 11.0 Å². The second-order valence-corrected chi connectivity index (χ2v) is 7.45. The molecular formula is C21H20ClN3O4. The van der Waals surface area contributed by atoms with Gasteiger partial charge in [-0.2, -0.15) is 0 Å². The summed E-state index contributed by atoms with van der Waals surface area (Å²) < 4.78 is 6.88. The predicted octanol–water partition coefficient (Wildman–Crippen LogP) is 3.10. The third-order valence-corrected chi connectivity index (χ3v) is 5.46. The van der Waals surface area contributed by atoms with Crippen LogP contribution in [-0.4, -0.2) is 57.7 Å². The number of ether oxygens (including phenoxy) is 1. The lowest BCUT2D eigenvalue weighted by atomic mass is 10.1. The maximum Gasteiger partial charge on any atom is 0.372 e. The molecule has 0 aliphatic carbocycles. The average molecular weight is 414 g/mol. The van der Waals surface area contributed by atoms with Crippen molar-refractivity contribution in [2.75, 3.05) is 20.2 Å². The molecule has 8 heteroatoms. The molecular weight excluding hydrogens is 394 g/mol. The van der Waals surface area contributed by atoms with E-state index < -0.39 is 5.97 Å². The van der Waals surface area contributed by atoms with Crippen molar-refractivity contribution in [1.82, 2.24) is 14.5 Å². The number of aromatic carboxylic acids is 1. The van der Waals surface area contributed by atoms with E-state index in [4.69, 9.17) is 16.3 Å². The van der Waals surface area contributed by atoms with Crippen molar-refractivity contribution < 1.29 is 19.4 Å². The van der Waals surface area contributed by atoms with Gasteiger partial charge in [-0.15, -0.1) is 0 Å². The molecule has 0 radical (unpaired) electrons. The quantitative estimate of drug-likeness (QED) is 0.671. The van der Waals surface area contributed by atoms with Crippen LogP contribution >= 0.6 is 11.6 Å². The summed E-state index contributed by atoms with van der Waals surface area (Å²) in [4.78, 5) is 30.6. The van der Waals surface area contributed by atoms with Crippen molar-refractivity contribution in [3.05, 3.63) is 64.4 Å². The molecule has 0 unspecified atom stereocenters. The lowest BCUT2D eigenvalue weighted by Crippen LogP contribution is -2.54. The van der Waals surface area contributed by atoms with Gasteiger partial charge >= 0.3 is 5.97 Å². The Morgan fingerprint density at radius 1 is 1.21 bits per heavy atom. The molecule has 1 aliphatic rings. The van der Waals surface area contributed by atoms with Crippen LogP contribution in [-0.2, 0) is 17.7 Å². The van der Waals surface area contributed by atoms with E-state index in [1.165, 1.54) is 0 Å². The van der Waals surface area contributed by atoms with Gasteiger partial charge in [-0.25, -0.2) is 9.78 Å². The molecule has 1 saturated heterocycles. The van der Waals surface area contributed by atoms with E-state index in [0.717, 1.165) is 5.56 Å². The molecule has 7 nitrogen and oxygen atoms in total.